The van der Waals surface area contributed by atoms with E-state index in [9.17, 15) is 9.90 Å². The molecule has 0 saturated heterocycles. The quantitative estimate of drug-likeness (QED) is 0.875. The van der Waals surface area contributed by atoms with Gasteiger partial charge in [-0.2, -0.15) is 0 Å². The monoisotopic (exact) mass is 272 g/mol. The molecule has 0 radical (unpaired) electrons. The van der Waals surface area contributed by atoms with Gasteiger partial charge in [-0.15, -0.1) is 0 Å². The van der Waals surface area contributed by atoms with E-state index < -0.39 is 6.10 Å². The highest BCUT2D eigenvalue weighted by molar-refractivity contribution is 5.88. The Morgan fingerprint density at radius 1 is 1.30 bits per heavy atom. The Morgan fingerprint density at radius 2 is 2.05 bits per heavy atom. The van der Waals surface area contributed by atoms with Gasteiger partial charge in [-0.3, -0.25) is 9.78 Å². The molecule has 0 bridgehead atoms. The van der Waals surface area contributed by atoms with Crippen LogP contribution in [-0.2, 0) is 4.79 Å². The van der Waals surface area contributed by atoms with Gasteiger partial charge in [0.25, 0.3) is 0 Å². The molecule has 1 unspecified atom stereocenters. The summed E-state index contributed by atoms with van der Waals surface area (Å²) in [6.45, 7) is 1.57. The van der Waals surface area contributed by atoms with Gasteiger partial charge in [-0.25, -0.2) is 0 Å². The molecule has 0 aliphatic carbocycles. The standard InChI is InChI=1S/C15H16N2O3/c1-11(18)17-12-5-7-13(8-6-12)20-10-15(19)14-4-2-3-9-16-14/h2-9,15,19H,10H2,1H3,(H,17,18). The first kappa shape index (κ1) is 14.0. The van der Waals surface area contributed by atoms with Crippen LogP contribution in [0, 0.1) is 0 Å². The van der Waals surface area contributed by atoms with Gasteiger partial charge in [0.05, 0.1) is 5.69 Å². The third kappa shape index (κ3) is 4.07. The second-order valence-electron chi connectivity index (χ2n) is 4.29. The summed E-state index contributed by atoms with van der Waals surface area (Å²) >= 11 is 0. The second-order valence-corrected chi connectivity index (χ2v) is 4.29. The topological polar surface area (TPSA) is 71.5 Å². The van der Waals surface area contributed by atoms with Crippen LogP contribution in [0.15, 0.2) is 48.7 Å². The Bertz CT molecular complexity index is 555. The minimum atomic E-state index is -0.772. The zero-order valence-corrected chi connectivity index (χ0v) is 11.1. The van der Waals surface area contributed by atoms with E-state index in [0.29, 0.717) is 17.1 Å². The van der Waals surface area contributed by atoms with Crippen LogP contribution in [0.25, 0.3) is 0 Å². The molecule has 104 valence electrons. The van der Waals surface area contributed by atoms with E-state index in [1.807, 2.05) is 6.07 Å². The van der Waals surface area contributed by atoms with E-state index in [2.05, 4.69) is 10.3 Å². The van der Waals surface area contributed by atoms with Gasteiger partial charge in [0.2, 0.25) is 5.91 Å². The number of hydrogen-bond acceptors (Lipinski definition) is 4. The molecule has 5 heteroatoms. The average molecular weight is 272 g/mol. The Labute approximate surface area is 117 Å². The van der Waals surface area contributed by atoms with Crippen LogP contribution in [0.5, 0.6) is 5.75 Å². The first-order chi connectivity index (χ1) is 9.65. The lowest BCUT2D eigenvalue weighted by atomic mass is 10.2. The van der Waals surface area contributed by atoms with Crippen molar-refractivity contribution >= 4 is 11.6 Å². The van der Waals surface area contributed by atoms with Gasteiger partial charge in [-0.05, 0) is 36.4 Å². The second kappa shape index (κ2) is 6.68. The third-order valence-corrected chi connectivity index (χ3v) is 2.61. The number of carbonyl (C=O) groups excluding carboxylic acids is 1. The van der Waals surface area contributed by atoms with Gasteiger partial charge in [0.15, 0.2) is 0 Å². The lowest BCUT2D eigenvalue weighted by Gasteiger charge is -2.12. The molecule has 2 N–H and O–H groups in total. The molecule has 0 aliphatic heterocycles. The average Bonchev–Trinajstić information content (AvgIpc) is 2.46. The van der Waals surface area contributed by atoms with E-state index in [-0.39, 0.29) is 12.5 Å². The number of aliphatic hydroxyl groups excluding tert-OH is 1. The fraction of sp³-hybridized carbons (Fsp3) is 0.200. The molecule has 2 aromatic rings. The molecule has 1 amide bonds. The molecule has 0 fully saturated rings. The van der Waals surface area contributed by atoms with E-state index in [1.54, 1.807) is 42.6 Å². The number of rotatable bonds is 5. The highest BCUT2D eigenvalue weighted by atomic mass is 16.5. The Morgan fingerprint density at radius 3 is 2.65 bits per heavy atom. The molecular formula is C15H16N2O3. The Balaban J connectivity index is 1.89. The van der Waals surface area contributed by atoms with Crippen molar-refractivity contribution in [2.45, 2.75) is 13.0 Å². The van der Waals surface area contributed by atoms with Crippen molar-refractivity contribution in [2.24, 2.45) is 0 Å². The van der Waals surface area contributed by atoms with Crippen molar-refractivity contribution in [3.63, 3.8) is 0 Å². The number of aromatic nitrogens is 1. The van der Waals surface area contributed by atoms with Crippen LogP contribution >= 0.6 is 0 Å². The Hall–Kier alpha value is -2.40. The predicted octanol–water partition coefficient (Wildman–Crippen LogP) is 2.15. The molecule has 0 aliphatic rings. The number of pyridine rings is 1. The van der Waals surface area contributed by atoms with Crippen LogP contribution in [0.2, 0.25) is 0 Å². The number of amides is 1. The number of anilines is 1. The lowest BCUT2D eigenvalue weighted by molar-refractivity contribution is -0.114. The van der Waals surface area contributed by atoms with Gasteiger partial charge < -0.3 is 15.2 Å². The molecule has 1 heterocycles. The molecule has 1 atom stereocenters. The minimum absolute atomic E-state index is 0.121. The normalized spacial score (nSPS) is 11.7. The summed E-state index contributed by atoms with van der Waals surface area (Å²) in [4.78, 5) is 14.9. The van der Waals surface area contributed by atoms with Crippen LogP contribution in [0.1, 0.15) is 18.7 Å². The molecule has 0 saturated carbocycles. The summed E-state index contributed by atoms with van der Waals surface area (Å²) < 4.78 is 5.48. The van der Waals surface area contributed by atoms with Crippen molar-refractivity contribution in [2.75, 3.05) is 11.9 Å². The molecule has 5 nitrogen and oxygen atoms in total. The summed E-state index contributed by atoms with van der Waals surface area (Å²) in [6, 6.07) is 12.3. The highest BCUT2D eigenvalue weighted by Crippen LogP contribution is 2.17. The summed E-state index contributed by atoms with van der Waals surface area (Å²) in [5, 5.41) is 12.6. The molecule has 1 aromatic heterocycles. The van der Waals surface area contributed by atoms with Crippen molar-refractivity contribution in [1.29, 1.82) is 0 Å². The molecular weight excluding hydrogens is 256 g/mol. The number of aliphatic hydroxyl groups is 1. The van der Waals surface area contributed by atoms with E-state index in [4.69, 9.17) is 4.74 Å². The zero-order chi connectivity index (χ0) is 14.4. The molecule has 0 spiro atoms. The maximum absolute atomic E-state index is 10.9. The zero-order valence-electron chi connectivity index (χ0n) is 11.1. The molecule has 2 rings (SSSR count). The SMILES string of the molecule is CC(=O)Nc1ccc(OCC(O)c2ccccn2)cc1. The van der Waals surface area contributed by atoms with Crippen LogP contribution in [-0.4, -0.2) is 22.6 Å². The number of benzene rings is 1. The van der Waals surface area contributed by atoms with Gasteiger partial charge in [0, 0.05) is 18.8 Å². The molecule has 1 aromatic carbocycles. The number of nitrogens with one attached hydrogen (secondary N) is 1. The third-order valence-electron chi connectivity index (χ3n) is 2.61. The van der Waals surface area contributed by atoms with Crippen molar-refractivity contribution in [3.05, 3.63) is 54.4 Å². The van der Waals surface area contributed by atoms with E-state index >= 15 is 0 Å². The maximum atomic E-state index is 10.9. The fourth-order valence-electron chi connectivity index (χ4n) is 1.67. The van der Waals surface area contributed by atoms with Gasteiger partial charge in [-0.1, -0.05) is 6.07 Å². The predicted molar refractivity (Wildman–Crippen MR) is 75.4 cm³/mol. The number of hydrogen-bond donors (Lipinski definition) is 2. The van der Waals surface area contributed by atoms with Crippen molar-refractivity contribution < 1.29 is 14.6 Å². The summed E-state index contributed by atoms with van der Waals surface area (Å²) in [6.07, 6.45) is 0.854. The largest absolute Gasteiger partial charge is 0.490 e. The number of ether oxygens (including phenoxy) is 1. The van der Waals surface area contributed by atoms with Crippen LogP contribution in [0.3, 0.4) is 0 Å². The molecule has 20 heavy (non-hydrogen) atoms. The summed E-state index contributed by atoms with van der Waals surface area (Å²) in [5.41, 5.74) is 1.28. The number of carbonyl (C=O) groups is 1. The van der Waals surface area contributed by atoms with Gasteiger partial charge in [0.1, 0.15) is 18.5 Å². The first-order valence-corrected chi connectivity index (χ1v) is 6.24. The summed E-state index contributed by atoms with van der Waals surface area (Å²) in [7, 11) is 0. The highest BCUT2D eigenvalue weighted by Gasteiger charge is 2.09. The lowest BCUT2D eigenvalue weighted by Crippen LogP contribution is -2.11. The van der Waals surface area contributed by atoms with Crippen LogP contribution in [0.4, 0.5) is 5.69 Å². The number of nitrogens with zero attached hydrogens (tertiary/aromatic N) is 1. The first-order valence-electron chi connectivity index (χ1n) is 6.24. The van der Waals surface area contributed by atoms with Crippen molar-refractivity contribution in [3.8, 4) is 5.75 Å². The Kier molecular flexibility index (Phi) is 4.68. The summed E-state index contributed by atoms with van der Waals surface area (Å²) in [5.74, 6) is 0.498. The van der Waals surface area contributed by atoms with Crippen molar-refractivity contribution in [1.82, 2.24) is 4.98 Å². The minimum Gasteiger partial charge on any atom is -0.490 e. The maximum Gasteiger partial charge on any atom is 0.221 e. The van der Waals surface area contributed by atoms with E-state index in [0.717, 1.165) is 0 Å². The van der Waals surface area contributed by atoms with E-state index in [1.165, 1.54) is 6.92 Å². The smallest absolute Gasteiger partial charge is 0.221 e. The van der Waals surface area contributed by atoms with Crippen LogP contribution < -0.4 is 10.1 Å². The fourth-order valence-corrected chi connectivity index (χ4v) is 1.67. The van der Waals surface area contributed by atoms with Gasteiger partial charge >= 0.3 is 0 Å².